The van der Waals surface area contributed by atoms with E-state index in [1.807, 2.05) is 0 Å². The van der Waals surface area contributed by atoms with Crippen LogP contribution >= 0.6 is 22.7 Å². The number of hydrogen-bond acceptors (Lipinski definition) is 5. The van der Waals surface area contributed by atoms with Gasteiger partial charge in [0, 0.05) is 11.3 Å². The monoisotopic (exact) mass is 324 g/mol. The summed E-state index contributed by atoms with van der Waals surface area (Å²) in [7, 11) is 0. The molecule has 5 nitrogen and oxygen atoms in total. The number of aromatic amines is 1. The van der Waals surface area contributed by atoms with Gasteiger partial charge in [-0.15, -0.1) is 22.7 Å². The number of nitrogens with one attached hydrogen (secondary N) is 1. The van der Waals surface area contributed by atoms with Gasteiger partial charge in [0.1, 0.15) is 15.5 Å². The Bertz CT molecular complexity index is 910. The lowest BCUT2D eigenvalue weighted by Gasteiger charge is -1.98. The minimum absolute atomic E-state index is 0.113. The number of rotatable bonds is 3. The molecule has 0 saturated carbocycles. The number of aromatic carboxylic acids is 1. The summed E-state index contributed by atoms with van der Waals surface area (Å²) in [5.74, 6) is -0.677. The largest absolute Gasteiger partial charge is 0.477 e. The number of thiophene rings is 2. The molecule has 0 fully saturated rings. The van der Waals surface area contributed by atoms with Gasteiger partial charge in [-0.05, 0) is 24.6 Å². The number of aryl methyl sites for hydroxylation is 1. The van der Waals surface area contributed by atoms with Crippen molar-refractivity contribution in [3.8, 4) is 0 Å². The molecule has 0 aliphatic carbocycles. The maximum atomic E-state index is 13.0. The van der Waals surface area contributed by atoms with Crippen molar-refractivity contribution in [2.75, 3.05) is 0 Å². The van der Waals surface area contributed by atoms with Crippen LogP contribution < -0.4 is 5.56 Å². The summed E-state index contributed by atoms with van der Waals surface area (Å²) in [6, 6.07) is 2.99. The minimum Gasteiger partial charge on any atom is -0.477 e. The molecule has 0 aliphatic heterocycles. The van der Waals surface area contributed by atoms with E-state index in [0.717, 1.165) is 27.6 Å². The van der Waals surface area contributed by atoms with Crippen LogP contribution in [-0.4, -0.2) is 21.0 Å². The van der Waals surface area contributed by atoms with Gasteiger partial charge in [-0.25, -0.2) is 9.78 Å². The standard InChI is InChI=1S/C13H9FN2O3S2/c1-5-9-11(17)15-8(4-6-2-3-7(14)20-6)16-12(9)21-10(5)13(18)19/h2-3H,4H2,1H3,(H,18,19)(H,15,16,17). The molecule has 0 bridgehead atoms. The van der Waals surface area contributed by atoms with Gasteiger partial charge in [0.05, 0.1) is 5.39 Å². The lowest BCUT2D eigenvalue weighted by molar-refractivity contribution is 0.0701. The van der Waals surface area contributed by atoms with E-state index in [2.05, 4.69) is 9.97 Å². The van der Waals surface area contributed by atoms with Gasteiger partial charge in [-0.2, -0.15) is 4.39 Å². The second-order valence-electron chi connectivity index (χ2n) is 4.44. The van der Waals surface area contributed by atoms with Gasteiger partial charge in [-0.3, -0.25) is 4.79 Å². The van der Waals surface area contributed by atoms with Gasteiger partial charge in [0.2, 0.25) is 0 Å². The Kier molecular flexibility index (Phi) is 3.34. The molecule has 108 valence electrons. The van der Waals surface area contributed by atoms with Crippen LogP contribution in [0.5, 0.6) is 0 Å². The SMILES string of the molecule is Cc1c(C(=O)O)sc2nc(Cc3ccc(F)s3)[nH]c(=O)c12. The number of hydrogen-bond donors (Lipinski definition) is 2. The first-order valence-electron chi connectivity index (χ1n) is 5.95. The third-order valence-corrected chi connectivity index (χ3v) is 5.06. The molecule has 0 aromatic carbocycles. The van der Waals surface area contributed by atoms with E-state index in [4.69, 9.17) is 5.11 Å². The highest BCUT2D eigenvalue weighted by atomic mass is 32.1. The third-order valence-electron chi connectivity index (χ3n) is 3.01. The number of fused-ring (bicyclic) bond motifs is 1. The summed E-state index contributed by atoms with van der Waals surface area (Å²) in [4.78, 5) is 31.4. The van der Waals surface area contributed by atoms with Crippen molar-refractivity contribution in [2.45, 2.75) is 13.3 Å². The molecule has 3 heterocycles. The Morgan fingerprint density at radius 3 is 2.81 bits per heavy atom. The fourth-order valence-electron chi connectivity index (χ4n) is 2.09. The van der Waals surface area contributed by atoms with E-state index in [0.29, 0.717) is 28.0 Å². The Hall–Kier alpha value is -2.06. The molecule has 21 heavy (non-hydrogen) atoms. The molecule has 3 aromatic rings. The zero-order valence-corrected chi connectivity index (χ0v) is 12.4. The van der Waals surface area contributed by atoms with Crippen LogP contribution in [0.25, 0.3) is 10.2 Å². The second kappa shape index (κ2) is 5.05. The van der Waals surface area contributed by atoms with Gasteiger partial charge in [0.15, 0.2) is 5.13 Å². The van der Waals surface area contributed by atoms with Crippen LogP contribution in [0.4, 0.5) is 4.39 Å². The highest BCUT2D eigenvalue weighted by Gasteiger charge is 2.18. The Labute approximate surface area is 125 Å². The maximum absolute atomic E-state index is 13.0. The number of carbonyl (C=O) groups is 1. The molecular formula is C13H9FN2O3S2. The topological polar surface area (TPSA) is 83.0 Å². The Balaban J connectivity index is 2.10. The summed E-state index contributed by atoms with van der Waals surface area (Å²) in [5, 5.41) is 9.10. The summed E-state index contributed by atoms with van der Waals surface area (Å²) in [6.07, 6.45) is 0.305. The normalized spacial score (nSPS) is 11.1. The van der Waals surface area contributed by atoms with E-state index >= 15 is 0 Å². The van der Waals surface area contributed by atoms with Crippen LogP contribution in [0.15, 0.2) is 16.9 Å². The molecule has 0 unspecified atom stereocenters. The number of halogens is 1. The predicted molar refractivity (Wildman–Crippen MR) is 79.0 cm³/mol. The molecule has 0 atom stereocenters. The summed E-state index contributed by atoms with van der Waals surface area (Å²) in [5.41, 5.74) is 0.0539. The lowest BCUT2D eigenvalue weighted by atomic mass is 10.2. The lowest BCUT2D eigenvalue weighted by Crippen LogP contribution is -2.11. The fourth-order valence-corrected chi connectivity index (χ4v) is 3.86. The molecule has 3 aromatic heterocycles. The van der Waals surface area contributed by atoms with E-state index in [-0.39, 0.29) is 15.6 Å². The molecule has 0 aliphatic rings. The van der Waals surface area contributed by atoms with Crippen LogP contribution in [0.1, 0.15) is 25.9 Å². The molecule has 0 spiro atoms. The van der Waals surface area contributed by atoms with Crippen molar-refractivity contribution < 1.29 is 14.3 Å². The molecule has 3 rings (SSSR count). The van der Waals surface area contributed by atoms with E-state index in [9.17, 15) is 14.0 Å². The highest BCUT2D eigenvalue weighted by Crippen LogP contribution is 2.27. The van der Waals surface area contributed by atoms with Crippen LogP contribution in [0.3, 0.4) is 0 Å². The average Bonchev–Trinajstić information content (AvgIpc) is 2.94. The predicted octanol–water partition coefficient (Wildman–Crippen LogP) is 2.78. The van der Waals surface area contributed by atoms with Crippen LogP contribution in [0, 0.1) is 12.1 Å². The first-order chi connectivity index (χ1) is 9.95. The van der Waals surface area contributed by atoms with Gasteiger partial charge < -0.3 is 10.1 Å². The quantitative estimate of drug-likeness (QED) is 0.776. The van der Waals surface area contributed by atoms with Crippen LogP contribution in [-0.2, 0) is 6.42 Å². The van der Waals surface area contributed by atoms with Crippen molar-refractivity contribution in [3.63, 3.8) is 0 Å². The highest BCUT2D eigenvalue weighted by molar-refractivity contribution is 7.20. The van der Waals surface area contributed by atoms with E-state index in [1.54, 1.807) is 13.0 Å². The number of H-pyrrole nitrogens is 1. The number of aromatic nitrogens is 2. The van der Waals surface area contributed by atoms with Crippen molar-refractivity contribution in [3.05, 3.63) is 48.8 Å². The van der Waals surface area contributed by atoms with Crippen molar-refractivity contribution >= 4 is 38.9 Å². The average molecular weight is 324 g/mol. The summed E-state index contributed by atoms with van der Waals surface area (Å²) >= 11 is 1.96. The smallest absolute Gasteiger partial charge is 0.346 e. The van der Waals surface area contributed by atoms with Crippen molar-refractivity contribution in [1.82, 2.24) is 9.97 Å². The first-order valence-corrected chi connectivity index (χ1v) is 7.59. The third kappa shape index (κ3) is 2.47. The second-order valence-corrected chi connectivity index (χ2v) is 6.55. The maximum Gasteiger partial charge on any atom is 0.346 e. The molecule has 2 N–H and O–H groups in total. The number of carboxylic acids is 1. The fraction of sp³-hybridized carbons (Fsp3) is 0.154. The molecule has 0 amide bonds. The number of carboxylic acid groups (broad SMARTS) is 1. The summed E-state index contributed by atoms with van der Waals surface area (Å²) in [6.45, 7) is 1.59. The Morgan fingerprint density at radius 1 is 1.43 bits per heavy atom. The zero-order valence-electron chi connectivity index (χ0n) is 10.8. The minimum atomic E-state index is -1.07. The Morgan fingerprint density at radius 2 is 2.19 bits per heavy atom. The van der Waals surface area contributed by atoms with E-state index in [1.165, 1.54) is 6.07 Å². The molecule has 8 heteroatoms. The van der Waals surface area contributed by atoms with Gasteiger partial charge in [-0.1, -0.05) is 0 Å². The van der Waals surface area contributed by atoms with Gasteiger partial charge in [0.25, 0.3) is 5.56 Å². The first kappa shape index (κ1) is 13.9. The van der Waals surface area contributed by atoms with Gasteiger partial charge >= 0.3 is 5.97 Å². The molecule has 0 radical (unpaired) electrons. The summed E-state index contributed by atoms with van der Waals surface area (Å²) < 4.78 is 13.0. The van der Waals surface area contributed by atoms with E-state index < -0.39 is 5.97 Å². The van der Waals surface area contributed by atoms with Crippen LogP contribution in [0.2, 0.25) is 0 Å². The number of nitrogens with zero attached hydrogens (tertiary/aromatic N) is 1. The van der Waals surface area contributed by atoms with Crippen molar-refractivity contribution in [2.24, 2.45) is 0 Å². The van der Waals surface area contributed by atoms with Crippen molar-refractivity contribution in [1.29, 1.82) is 0 Å². The zero-order chi connectivity index (χ0) is 15.1. The molecular weight excluding hydrogens is 315 g/mol. The molecule has 0 saturated heterocycles.